The van der Waals surface area contributed by atoms with E-state index in [1.54, 1.807) is 0 Å². The molecule has 0 aliphatic rings. The molecule has 1 aromatic carbocycles. The monoisotopic (exact) mass is 304 g/mol. The maximum absolute atomic E-state index is 4.40. The summed E-state index contributed by atoms with van der Waals surface area (Å²) in [6.07, 6.45) is 3.88. The molecule has 2 nitrogen and oxygen atoms in total. The molecule has 1 atom stereocenters. The van der Waals surface area contributed by atoms with E-state index in [1.807, 2.05) is 25.4 Å². The topological polar surface area (TPSA) is 24.9 Å². The Hall–Kier alpha value is -1.19. The number of benzene rings is 1. The summed E-state index contributed by atoms with van der Waals surface area (Å²) < 4.78 is 1.03. The highest BCUT2D eigenvalue weighted by Gasteiger charge is 2.08. The Kier molecular flexibility index (Phi) is 4.90. The van der Waals surface area contributed by atoms with Crippen LogP contribution in [0.25, 0.3) is 0 Å². The van der Waals surface area contributed by atoms with Crippen molar-refractivity contribution in [3.05, 3.63) is 64.4 Å². The molecule has 0 bridgehead atoms. The van der Waals surface area contributed by atoms with Crippen LogP contribution in [0.4, 0.5) is 0 Å². The number of pyridine rings is 1. The zero-order chi connectivity index (χ0) is 12.8. The molecule has 0 amide bonds. The van der Waals surface area contributed by atoms with Gasteiger partial charge in [-0.1, -0.05) is 30.3 Å². The summed E-state index contributed by atoms with van der Waals surface area (Å²) in [7, 11) is 2.01. The molecule has 1 heterocycles. The van der Waals surface area contributed by atoms with E-state index in [4.69, 9.17) is 0 Å². The van der Waals surface area contributed by atoms with Gasteiger partial charge in [-0.2, -0.15) is 0 Å². The van der Waals surface area contributed by atoms with Gasteiger partial charge in [0.05, 0.1) is 0 Å². The average molecular weight is 305 g/mol. The Morgan fingerprint density at radius 1 is 1.17 bits per heavy atom. The lowest BCUT2D eigenvalue weighted by Crippen LogP contribution is -2.17. The summed E-state index contributed by atoms with van der Waals surface area (Å²) >= 11 is 3.40. The Bertz CT molecular complexity index is 468. The molecule has 2 rings (SSSR count). The van der Waals surface area contributed by atoms with Crippen LogP contribution < -0.4 is 5.32 Å². The fraction of sp³-hybridized carbons (Fsp3) is 0.267. The number of halogens is 1. The van der Waals surface area contributed by atoms with E-state index < -0.39 is 0 Å². The number of rotatable bonds is 5. The van der Waals surface area contributed by atoms with Crippen LogP contribution in [0.3, 0.4) is 0 Å². The lowest BCUT2D eigenvalue weighted by Gasteiger charge is -2.16. The van der Waals surface area contributed by atoms with Crippen LogP contribution in [0.15, 0.2) is 53.1 Å². The predicted octanol–water partition coefficient (Wildman–Crippen LogP) is 3.74. The largest absolute Gasteiger partial charge is 0.313 e. The van der Waals surface area contributed by atoms with Crippen molar-refractivity contribution in [2.24, 2.45) is 0 Å². The SMILES string of the molecule is CNC(CCc1ccc(Br)cn1)c1ccccc1. The number of aryl methyl sites for hydroxylation is 1. The van der Waals surface area contributed by atoms with Crippen molar-refractivity contribution >= 4 is 15.9 Å². The Labute approximate surface area is 117 Å². The zero-order valence-electron chi connectivity index (χ0n) is 10.4. The van der Waals surface area contributed by atoms with Gasteiger partial charge in [0.15, 0.2) is 0 Å². The van der Waals surface area contributed by atoms with Crippen molar-refractivity contribution in [2.75, 3.05) is 7.05 Å². The molecule has 94 valence electrons. The first-order valence-corrected chi connectivity index (χ1v) is 6.91. The molecule has 0 fully saturated rings. The Morgan fingerprint density at radius 2 is 1.94 bits per heavy atom. The molecule has 1 unspecified atom stereocenters. The number of aromatic nitrogens is 1. The molecule has 2 aromatic rings. The van der Waals surface area contributed by atoms with Crippen LogP contribution in [0, 0.1) is 0 Å². The van der Waals surface area contributed by atoms with Gasteiger partial charge in [0.25, 0.3) is 0 Å². The van der Waals surface area contributed by atoms with E-state index >= 15 is 0 Å². The molecule has 0 saturated heterocycles. The zero-order valence-corrected chi connectivity index (χ0v) is 12.0. The fourth-order valence-electron chi connectivity index (χ4n) is 2.01. The van der Waals surface area contributed by atoms with Gasteiger partial charge in [-0.05, 0) is 53.5 Å². The summed E-state index contributed by atoms with van der Waals surface area (Å²) in [4.78, 5) is 4.40. The summed E-state index contributed by atoms with van der Waals surface area (Å²) in [6, 6.07) is 15.0. The van der Waals surface area contributed by atoms with Crippen molar-refractivity contribution in [3.8, 4) is 0 Å². The van der Waals surface area contributed by atoms with E-state index in [1.165, 1.54) is 5.56 Å². The van der Waals surface area contributed by atoms with Crippen molar-refractivity contribution in [1.29, 1.82) is 0 Å². The Balaban J connectivity index is 1.97. The van der Waals surface area contributed by atoms with E-state index in [2.05, 4.69) is 56.6 Å². The van der Waals surface area contributed by atoms with Gasteiger partial charge >= 0.3 is 0 Å². The van der Waals surface area contributed by atoms with Gasteiger partial charge < -0.3 is 5.32 Å². The van der Waals surface area contributed by atoms with Gasteiger partial charge in [0.2, 0.25) is 0 Å². The number of hydrogen-bond acceptors (Lipinski definition) is 2. The standard InChI is InChI=1S/C15H17BrN2/c1-17-15(12-5-3-2-4-6-12)10-9-14-8-7-13(16)11-18-14/h2-8,11,15,17H,9-10H2,1H3. The van der Waals surface area contributed by atoms with Gasteiger partial charge in [-0.3, -0.25) is 4.98 Å². The molecule has 0 aliphatic carbocycles. The molecule has 0 radical (unpaired) electrons. The van der Waals surface area contributed by atoms with E-state index in [9.17, 15) is 0 Å². The van der Waals surface area contributed by atoms with E-state index in [-0.39, 0.29) is 0 Å². The molecular formula is C15H17BrN2. The third-order valence-electron chi connectivity index (χ3n) is 3.03. The molecule has 18 heavy (non-hydrogen) atoms. The molecule has 1 aromatic heterocycles. The minimum atomic E-state index is 0.386. The van der Waals surface area contributed by atoms with Crippen LogP contribution in [0.1, 0.15) is 23.7 Å². The summed E-state index contributed by atoms with van der Waals surface area (Å²) in [5.41, 5.74) is 2.46. The normalized spacial score (nSPS) is 12.3. The second-order valence-electron chi connectivity index (χ2n) is 4.26. The maximum atomic E-state index is 4.40. The molecule has 1 N–H and O–H groups in total. The van der Waals surface area contributed by atoms with Crippen LogP contribution in [-0.4, -0.2) is 12.0 Å². The van der Waals surface area contributed by atoms with Crippen molar-refractivity contribution in [1.82, 2.24) is 10.3 Å². The summed E-state index contributed by atoms with van der Waals surface area (Å²) in [5.74, 6) is 0. The van der Waals surface area contributed by atoms with Gasteiger partial charge in [-0.25, -0.2) is 0 Å². The highest BCUT2D eigenvalue weighted by Crippen LogP contribution is 2.18. The lowest BCUT2D eigenvalue weighted by molar-refractivity contribution is 0.546. The summed E-state index contributed by atoms with van der Waals surface area (Å²) in [5, 5.41) is 3.36. The minimum Gasteiger partial charge on any atom is -0.313 e. The first kappa shape index (κ1) is 13.2. The second-order valence-corrected chi connectivity index (χ2v) is 5.17. The number of nitrogens with zero attached hydrogens (tertiary/aromatic N) is 1. The molecule has 0 aliphatic heterocycles. The quantitative estimate of drug-likeness (QED) is 0.910. The highest BCUT2D eigenvalue weighted by molar-refractivity contribution is 9.10. The van der Waals surface area contributed by atoms with Crippen molar-refractivity contribution in [3.63, 3.8) is 0 Å². The highest BCUT2D eigenvalue weighted by atomic mass is 79.9. The second kappa shape index (κ2) is 6.66. The van der Waals surface area contributed by atoms with Gasteiger partial charge in [0, 0.05) is 22.4 Å². The van der Waals surface area contributed by atoms with Gasteiger partial charge in [0.1, 0.15) is 0 Å². The van der Waals surface area contributed by atoms with Gasteiger partial charge in [-0.15, -0.1) is 0 Å². The maximum Gasteiger partial charge on any atom is 0.0413 e. The van der Waals surface area contributed by atoms with Crippen LogP contribution in [0.5, 0.6) is 0 Å². The summed E-state index contributed by atoms with van der Waals surface area (Å²) in [6.45, 7) is 0. The Morgan fingerprint density at radius 3 is 2.56 bits per heavy atom. The first-order valence-electron chi connectivity index (χ1n) is 6.12. The van der Waals surface area contributed by atoms with Crippen LogP contribution in [0.2, 0.25) is 0 Å². The van der Waals surface area contributed by atoms with Crippen LogP contribution >= 0.6 is 15.9 Å². The van der Waals surface area contributed by atoms with Crippen molar-refractivity contribution < 1.29 is 0 Å². The first-order chi connectivity index (χ1) is 8.79. The fourth-order valence-corrected chi connectivity index (χ4v) is 2.24. The van der Waals surface area contributed by atoms with E-state index in [0.29, 0.717) is 6.04 Å². The number of hydrogen-bond donors (Lipinski definition) is 1. The third kappa shape index (κ3) is 3.65. The number of nitrogens with one attached hydrogen (secondary N) is 1. The molecule has 0 spiro atoms. The van der Waals surface area contributed by atoms with Crippen LogP contribution in [-0.2, 0) is 6.42 Å². The molecule has 0 saturated carbocycles. The van der Waals surface area contributed by atoms with Crippen molar-refractivity contribution in [2.45, 2.75) is 18.9 Å². The average Bonchev–Trinajstić information content (AvgIpc) is 2.43. The molecule has 3 heteroatoms. The molecular weight excluding hydrogens is 288 g/mol. The predicted molar refractivity (Wildman–Crippen MR) is 78.5 cm³/mol. The lowest BCUT2D eigenvalue weighted by atomic mass is 10.0. The minimum absolute atomic E-state index is 0.386. The van der Waals surface area contributed by atoms with E-state index in [0.717, 1.165) is 23.0 Å². The third-order valence-corrected chi connectivity index (χ3v) is 3.50. The smallest absolute Gasteiger partial charge is 0.0413 e.